The van der Waals surface area contributed by atoms with Gasteiger partial charge in [-0.25, -0.2) is 4.98 Å². The molecule has 1 amide bonds. The van der Waals surface area contributed by atoms with Gasteiger partial charge in [-0.1, -0.05) is 5.16 Å². The number of carbonyl (C=O) groups is 1. The van der Waals surface area contributed by atoms with Gasteiger partial charge in [0.15, 0.2) is 0 Å². The molecule has 0 saturated heterocycles. The Kier molecular flexibility index (Phi) is 4.08. The number of aryl methyl sites for hydroxylation is 1. The first kappa shape index (κ1) is 13.0. The highest BCUT2D eigenvalue weighted by Crippen LogP contribution is 2.07. The van der Waals surface area contributed by atoms with Crippen molar-refractivity contribution in [3.05, 3.63) is 18.2 Å². The van der Waals surface area contributed by atoms with Crippen LogP contribution < -0.4 is 5.73 Å². The second-order valence-electron chi connectivity index (χ2n) is 3.95. The zero-order valence-corrected chi connectivity index (χ0v) is 10.2. The first-order chi connectivity index (χ1) is 7.97. The Hall–Kier alpha value is -2.05. The molecule has 7 heteroatoms. The van der Waals surface area contributed by atoms with Crippen molar-refractivity contribution in [3.8, 4) is 0 Å². The SMILES string of the molecule is CC(CC(N)=NO)N(C)C(=O)c1cncn1C. The fourth-order valence-corrected chi connectivity index (χ4v) is 1.42. The molecule has 0 spiro atoms. The van der Waals surface area contributed by atoms with E-state index in [4.69, 9.17) is 10.9 Å². The summed E-state index contributed by atoms with van der Waals surface area (Å²) in [5.41, 5.74) is 5.90. The highest BCUT2D eigenvalue weighted by Gasteiger charge is 2.20. The van der Waals surface area contributed by atoms with Gasteiger partial charge < -0.3 is 20.4 Å². The fraction of sp³-hybridized carbons (Fsp3) is 0.500. The van der Waals surface area contributed by atoms with Gasteiger partial charge in [0.05, 0.1) is 12.5 Å². The van der Waals surface area contributed by atoms with E-state index < -0.39 is 0 Å². The summed E-state index contributed by atoms with van der Waals surface area (Å²) in [7, 11) is 3.42. The molecular weight excluding hydrogens is 222 g/mol. The van der Waals surface area contributed by atoms with Crippen molar-refractivity contribution in [3.63, 3.8) is 0 Å². The van der Waals surface area contributed by atoms with Gasteiger partial charge in [0.2, 0.25) is 0 Å². The highest BCUT2D eigenvalue weighted by atomic mass is 16.4. The molecule has 94 valence electrons. The molecule has 3 N–H and O–H groups in total. The molecule has 0 aliphatic heterocycles. The maximum atomic E-state index is 12.1. The van der Waals surface area contributed by atoms with E-state index in [2.05, 4.69) is 10.1 Å². The van der Waals surface area contributed by atoms with Gasteiger partial charge >= 0.3 is 0 Å². The van der Waals surface area contributed by atoms with Crippen LogP contribution in [0.25, 0.3) is 0 Å². The molecule has 0 bridgehead atoms. The monoisotopic (exact) mass is 239 g/mol. The molecule has 0 saturated carbocycles. The normalized spacial score (nSPS) is 13.5. The van der Waals surface area contributed by atoms with Crippen LogP contribution >= 0.6 is 0 Å². The summed E-state index contributed by atoms with van der Waals surface area (Å²) >= 11 is 0. The Bertz CT molecular complexity index is 426. The third-order valence-electron chi connectivity index (χ3n) is 2.65. The number of imidazole rings is 1. The minimum absolute atomic E-state index is 0.0992. The van der Waals surface area contributed by atoms with E-state index in [1.54, 1.807) is 25.0 Å². The minimum atomic E-state index is -0.159. The predicted octanol–water partition coefficient (Wildman–Crippen LogP) is 0.0171. The Morgan fingerprint density at radius 2 is 2.41 bits per heavy atom. The minimum Gasteiger partial charge on any atom is -0.409 e. The van der Waals surface area contributed by atoms with Gasteiger partial charge in [-0.05, 0) is 6.92 Å². The lowest BCUT2D eigenvalue weighted by molar-refractivity contribution is 0.0737. The van der Waals surface area contributed by atoms with Gasteiger partial charge in [-0.2, -0.15) is 0 Å². The fourth-order valence-electron chi connectivity index (χ4n) is 1.42. The van der Waals surface area contributed by atoms with Crippen LogP contribution in [0.15, 0.2) is 17.7 Å². The van der Waals surface area contributed by atoms with Crippen LogP contribution in [0.4, 0.5) is 0 Å². The number of hydrogen-bond acceptors (Lipinski definition) is 4. The van der Waals surface area contributed by atoms with Crippen molar-refractivity contribution in [1.29, 1.82) is 0 Å². The van der Waals surface area contributed by atoms with Crippen LogP contribution in [-0.4, -0.2) is 44.5 Å². The summed E-state index contributed by atoms with van der Waals surface area (Å²) in [5, 5.41) is 11.4. The second kappa shape index (κ2) is 5.33. The Labute approximate surface area is 99.5 Å². The van der Waals surface area contributed by atoms with E-state index >= 15 is 0 Å². The Morgan fingerprint density at radius 1 is 1.76 bits per heavy atom. The number of amidine groups is 1. The van der Waals surface area contributed by atoms with Crippen molar-refractivity contribution in [2.75, 3.05) is 7.05 Å². The molecule has 17 heavy (non-hydrogen) atoms. The van der Waals surface area contributed by atoms with Crippen LogP contribution in [0.5, 0.6) is 0 Å². The molecule has 1 rings (SSSR count). The van der Waals surface area contributed by atoms with Crippen LogP contribution in [0.1, 0.15) is 23.8 Å². The average Bonchev–Trinajstić information content (AvgIpc) is 2.73. The number of nitrogens with zero attached hydrogens (tertiary/aromatic N) is 4. The zero-order chi connectivity index (χ0) is 13.0. The van der Waals surface area contributed by atoms with Gasteiger partial charge in [0.25, 0.3) is 5.91 Å². The smallest absolute Gasteiger partial charge is 0.272 e. The van der Waals surface area contributed by atoms with Crippen molar-refractivity contribution in [2.45, 2.75) is 19.4 Å². The molecule has 1 heterocycles. The second-order valence-corrected chi connectivity index (χ2v) is 3.95. The first-order valence-corrected chi connectivity index (χ1v) is 5.17. The molecule has 0 radical (unpaired) electrons. The number of oxime groups is 1. The maximum absolute atomic E-state index is 12.1. The topological polar surface area (TPSA) is 96.7 Å². The molecule has 1 aromatic rings. The van der Waals surface area contributed by atoms with Crippen molar-refractivity contribution in [2.24, 2.45) is 17.9 Å². The Balaban J connectivity index is 2.73. The van der Waals surface area contributed by atoms with Crippen LogP contribution in [0.2, 0.25) is 0 Å². The molecular formula is C10H17N5O2. The number of nitrogens with two attached hydrogens (primary N) is 1. The number of hydrogen-bond donors (Lipinski definition) is 2. The summed E-state index contributed by atoms with van der Waals surface area (Å²) in [5.74, 6) is -0.0506. The van der Waals surface area contributed by atoms with Crippen molar-refractivity contribution in [1.82, 2.24) is 14.5 Å². The highest BCUT2D eigenvalue weighted by molar-refractivity contribution is 5.92. The van der Waals surface area contributed by atoms with Crippen LogP contribution in [0.3, 0.4) is 0 Å². The van der Waals surface area contributed by atoms with E-state index in [-0.39, 0.29) is 17.8 Å². The molecule has 0 aliphatic rings. The van der Waals surface area contributed by atoms with E-state index in [1.807, 2.05) is 6.92 Å². The first-order valence-electron chi connectivity index (χ1n) is 5.17. The van der Waals surface area contributed by atoms with Crippen molar-refractivity contribution < 1.29 is 10.0 Å². The number of carbonyl (C=O) groups excluding carboxylic acids is 1. The van der Waals surface area contributed by atoms with Crippen molar-refractivity contribution >= 4 is 11.7 Å². The largest absolute Gasteiger partial charge is 0.409 e. The van der Waals surface area contributed by atoms with Gasteiger partial charge in [0, 0.05) is 26.6 Å². The molecule has 1 unspecified atom stereocenters. The third-order valence-corrected chi connectivity index (χ3v) is 2.65. The zero-order valence-electron chi connectivity index (χ0n) is 10.2. The quantitative estimate of drug-likeness (QED) is 0.335. The number of aromatic nitrogens is 2. The predicted molar refractivity (Wildman–Crippen MR) is 62.8 cm³/mol. The summed E-state index contributed by atoms with van der Waals surface area (Å²) in [6, 6.07) is -0.159. The molecule has 1 atom stereocenters. The standard InChI is InChI=1S/C10H17N5O2/c1-7(4-9(11)13-17)15(3)10(16)8-5-12-6-14(8)2/h5-7,17H,4H2,1-3H3,(H2,11,13). The van der Waals surface area contributed by atoms with Gasteiger partial charge in [-0.3, -0.25) is 4.79 Å². The third kappa shape index (κ3) is 2.96. The van der Waals surface area contributed by atoms with E-state index in [9.17, 15) is 4.79 Å². The van der Waals surface area contributed by atoms with E-state index in [0.717, 1.165) is 0 Å². The molecule has 7 nitrogen and oxygen atoms in total. The molecule has 0 aliphatic carbocycles. The summed E-state index contributed by atoms with van der Waals surface area (Å²) < 4.78 is 1.65. The number of amides is 1. The molecule has 0 aromatic carbocycles. The molecule has 1 aromatic heterocycles. The van der Waals surface area contributed by atoms with E-state index in [1.165, 1.54) is 11.1 Å². The maximum Gasteiger partial charge on any atom is 0.272 e. The lowest BCUT2D eigenvalue weighted by atomic mass is 10.2. The number of rotatable bonds is 4. The van der Waals surface area contributed by atoms with Crippen LogP contribution in [-0.2, 0) is 7.05 Å². The lowest BCUT2D eigenvalue weighted by Gasteiger charge is -2.24. The van der Waals surface area contributed by atoms with Crippen LogP contribution in [0, 0.1) is 0 Å². The van der Waals surface area contributed by atoms with Gasteiger partial charge in [-0.15, -0.1) is 0 Å². The average molecular weight is 239 g/mol. The lowest BCUT2D eigenvalue weighted by Crippen LogP contribution is -2.38. The Morgan fingerprint density at radius 3 is 2.88 bits per heavy atom. The summed E-state index contributed by atoms with van der Waals surface area (Å²) in [6.07, 6.45) is 3.39. The molecule has 0 fully saturated rings. The van der Waals surface area contributed by atoms with Gasteiger partial charge in [0.1, 0.15) is 11.5 Å². The van der Waals surface area contributed by atoms with E-state index in [0.29, 0.717) is 12.1 Å². The summed E-state index contributed by atoms with van der Waals surface area (Å²) in [6.45, 7) is 1.83. The summed E-state index contributed by atoms with van der Waals surface area (Å²) in [4.78, 5) is 17.5.